The number of fused-ring (bicyclic) bond motifs is 3. The fraction of sp³-hybridized carbons (Fsp3) is 0.182. The van der Waals surface area contributed by atoms with E-state index in [2.05, 4.69) is 32.4 Å². The minimum absolute atomic E-state index is 0.0486. The van der Waals surface area contributed by atoms with E-state index in [0.29, 0.717) is 5.56 Å². The van der Waals surface area contributed by atoms with E-state index in [4.69, 9.17) is 0 Å². The highest BCUT2D eigenvalue weighted by Gasteiger charge is 2.20. The minimum atomic E-state index is -0.966. The summed E-state index contributed by atoms with van der Waals surface area (Å²) in [5.41, 5.74) is 4.27. The van der Waals surface area contributed by atoms with Crippen molar-refractivity contribution in [3.8, 4) is 11.3 Å². The number of likely N-dealkylation sites (N-methyl/N-ethyl adjacent to an activating group) is 1. The number of halogens is 2. The second-order valence-electron chi connectivity index (χ2n) is 7.55. The topological polar surface area (TPSA) is 76.8 Å². The molecule has 0 fully saturated rings. The fourth-order valence-corrected chi connectivity index (χ4v) is 3.91. The Hall–Kier alpha value is -3.52. The van der Waals surface area contributed by atoms with Gasteiger partial charge in [0.05, 0.1) is 5.69 Å². The van der Waals surface area contributed by atoms with Crippen LogP contribution >= 0.6 is 0 Å². The van der Waals surface area contributed by atoms with Gasteiger partial charge in [-0.15, -0.1) is 0 Å². The standard InChI is InChI=1S/C22H19F2N5O/c1-29-8-7-18-15(11-29)14-9-12(5-6-17(14)25-18)22(30)26-20-10-19(27-28-20)13-3-2-4-16(23)21(13)24/h2-6,9-10,25H,7-8,11H2,1H3,(H2,26,27,28,30). The molecule has 0 saturated carbocycles. The van der Waals surface area contributed by atoms with E-state index in [0.717, 1.165) is 36.5 Å². The number of nitrogens with zero attached hydrogens (tertiary/aromatic N) is 2. The number of aromatic amines is 2. The summed E-state index contributed by atoms with van der Waals surface area (Å²) in [6.45, 7) is 1.84. The van der Waals surface area contributed by atoms with E-state index in [9.17, 15) is 13.6 Å². The van der Waals surface area contributed by atoms with Gasteiger partial charge >= 0.3 is 0 Å². The first-order chi connectivity index (χ1) is 14.5. The first-order valence-corrected chi connectivity index (χ1v) is 9.63. The zero-order valence-electron chi connectivity index (χ0n) is 16.2. The number of H-pyrrole nitrogens is 2. The van der Waals surface area contributed by atoms with Crippen LogP contribution in [0.4, 0.5) is 14.6 Å². The van der Waals surface area contributed by atoms with Crippen molar-refractivity contribution < 1.29 is 13.6 Å². The van der Waals surface area contributed by atoms with Gasteiger partial charge in [0.1, 0.15) is 0 Å². The second-order valence-corrected chi connectivity index (χ2v) is 7.55. The number of carbonyl (C=O) groups excluding carboxylic acids is 1. The third kappa shape index (κ3) is 3.15. The highest BCUT2D eigenvalue weighted by Crippen LogP contribution is 2.29. The average molecular weight is 407 g/mol. The van der Waals surface area contributed by atoms with Crippen molar-refractivity contribution in [1.82, 2.24) is 20.1 Å². The molecule has 1 aliphatic rings. The molecule has 2 aromatic heterocycles. The van der Waals surface area contributed by atoms with Gasteiger partial charge in [-0.3, -0.25) is 9.89 Å². The SMILES string of the molecule is CN1CCc2[nH]c3ccc(C(=O)Nc4cc(-c5cccc(F)c5F)[nH]n4)cc3c2C1. The third-order valence-corrected chi connectivity index (χ3v) is 5.49. The van der Waals surface area contributed by atoms with Crippen molar-refractivity contribution in [2.75, 3.05) is 18.9 Å². The maximum absolute atomic E-state index is 14.0. The maximum Gasteiger partial charge on any atom is 0.256 e. The molecule has 5 rings (SSSR count). The lowest BCUT2D eigenvalue weighted by atomic mass is 10.0. The van der Waals surface area contributed by atoms with Crippen LogP contribution in [0.5, 0.6) is 0 Å². The second kappa shape index (κ2) is 7.07. The van der Waals surface area contributed by atoms with Crippen LogP contribution in [0.2, 0.25) is 0 Å². The lowest BCUT2D eigenvalue weighted by molar-refractivity contribution is 0.102. The van der Waals surface area contributed by atoms with E-state index in [1.807, 2.05) is 12.1 Å². The molecule has 1 aliphatic heterocycles. The molecule has 0 aliphatic carbocycles. The number of anilines is 1. The van der Waals surface area contributed by atoms with Crippen LogP contribution in [-0.4, -0.2) is 39.6 Å². The Morgan fingerprint density at radius 2 is 2.07 bits per heavy atom. The largest absolute Gasteiger partial charge is 0.358 e. The van der Waals surface area contributed by atoms with Gasteiger partial charge in [0.15, 0.2) is 17.5 Å². The van der Waals surface area contributed by atoms with Crippen molar-refractivity contribution in [2.24, 2.45) is 0 Å². The van der Waals surface area contributed by atoms with Crippen molar-refractivity contribution in [3.05, 3.63) is 70.9 Å². The number of rotatable bonds is 3. The molecule has 3 heterocycles. The van der Waals surface area contributed by atoms with E-state index in [1.165, 1.54) is 29.5 Å². The summed E-state index contributed by atoms with van der Waals surface area (Å²) < 4.78 is 27.5. The molecule has 30 heavy (non-hydrogen) atoms. The van der Waals surface area contributed by atoms with Gasteiger partial charge in [-0.25, -0.2) is 8.78 Å². The Balaban J connectivity index is 1.41. The molecule has 3 N–H and O–H groups in total. The predicted octanol–water partition coefficient (Wildman–Crippen LogP) is 4.08. The zero-order chi connectivity index (χ0) is 20.8. The van der Waals surface area contributed by atoms with Gasteiger partial charge in [-0.1, -0.05) is 6.07 Å². The highest BCUT2D eigenvalue weighted by molar-refractivity contribution is 6.06. The Morgan fingerprint density at radius 1 is 1.20 bits per heavy atom. The molecule has 152 valence electrons. The summed E-state index contributed by atoms with van der Waals surface area (Å²) in [7, 11) is 2.08. The van der Waals surface area contributed by atoms with Crippen molar-refractivity contribution in [2.45, 2.75) is 13.0 Å². The number of hydrogen-bond donors (Lipinski definition) is 3. The summed E-state index contributed by atoms with van der Waals surface area (Å²) in [5.74, 6) is -2.00. The molecule has 0 radical (unpaired) electrons. The first-order valence-electron chi connectivity index (χ1n) is 9.63. The van der Waals surface area contributed by atoms with Crippen LogP contribution in [0.1, 0.15) is 21.6 Å². The van der Waals surface area contributed by atoms with Crippen LogP contribution in [-0.2, 0) is 13.0 Å². The predicted molar refractivity (Wildman–Crippen MR) is 110 cm³/mol. The molecule has 0 unspecified atom stereocenters. The average Bonchev–Trinajstić information content (AvgIpc) is 3.34. The van der Waals surface area contributed by atoms with E-state index < -0.39 is 11.6 Å². The van der Waals surface area contributed by atoms with Crippen molar-refractivity contribution in [1.29, 1.82) is 0 Å². The molecule has 0 bridgehead atoms. The van der Waals surface area contributed by atoms with E-state index in [1.54, 1.807) is 6.07 Å². The van der Waals surface area contributed by atoms with Crippen LogP contribution in [0, 0.1) is 11.6 Å². The summed E-state index contributed by atoms with van der Waals surface area (Å²) in [4.78, 5) is 18.5. The summed E-state index contributed by atoms with van der Waals surface area (Å²) in [5, 5.41) is 10.4. The summed E-state index contributed by atoms with van der Waals surface area (Å²) >= 11 is 0. The quantitative estimate of drug-likeness (QED) is 0.479. The van der Waals surface area contributed by atoms with E-state index in [-0.39, 0.29) is 23.0 Å². The molecular weight excluding hydrogens is 388 g/mol. The molecule has 0 spiro atoms. The summed E-state index contributed by atoms with van der Waals surface area (Å²) in [6, 6.07) is 10.9. The molecule has 2 aromatic carbocycles. The number of nitrogens with one attached hydrogen (secondary N) is 3. The molecular formula is C22H19F2N5O. The van der Waals surface area contributed by atoms with Crippen LogP contribution in [0.25, 0.3) is 22.2 Å². The normalized spacial score (nSPS) is 14.1. The molecule has 4 aromatic rings. The number of amides is 1. The first kappa shape index (κ1) is 18.5. The minimum Gasteiger partial charge on any atom is -0.358 e. The van der Waals surface area contributed by atoms with Gasteiger partial charge in [-0.05, 0) is 42.9 Å². The highest BCUT2D eigenvalue weighted by atomic mass is 19.2. The molecule has 0 saturated heterocycles. The fourth-order valence-electron chi connectivity index (χ4n) is 3.91. The molecule has 8 heteroatoms. The smallest absolute Gasteiger partial charge is 0.256 e. The van der Waals surface area contributed by atoms with Gasteiger partial charge < -0.3 is 15.2 Å². The Labute approximate surface area is 170 Å². The van der Waals surface area contributed by atoms with Gasteiger partial charge in [0, 0.05) is 53.3 Å². The van der Waals surface area contributed by atoms with Gasteiger partial charge in [0.25, 0.3) is 5.91 Å². The van der Waals surface area contributed by atoms with Gasteiger partial charge in [0.2, 0.25) is 0 Å². The number of benzene rings is 2. The zero-order valence-corrected chi connectivity index (χ0v) is 16.2. The number of aromatic nitrogens is 3. The van der Waals surface area contributed by atoms with Crippen molar-refractivity contribution >= 4 is 22.6 Å². The maximum atomic E-state index is 14.0. The molecule has 0 atom stereocenters. The lowest BCUT2D eigenvalue weighted by Crippen LogP contribution is -2.26. The molecule has 1 amide bonds. The van der Waals surface area contributed by atoms with Crippen LogP contribution < -0.4 is 5.32 Å². The van der Waals surface area contributed by atoms with Crippen LogP contribution in [0.15, 0.2) is 42.5 Å². The Kier molecular flexibility index (Phi) is 4.36. The van der Waals surface area contributed by atoms with E-state index >= 15 is 0 Å². The Morgan fingerprint density at radius 3 is 2.93 bits per heavy atom. The number of carbonyl (C=O) groups is 1. The van der Waals surface area contributed by atoms with Gasteiger partial charge in [-0.2, -0.15) is 5.10 Å². The molecule has 6 nitrogen and oxygen atoms in total. The van der Waals surface area contributed by atoms with Crippen LogP contribution in [0.3, 0.4) is 0 Å². The third-order valence-electron chi connectivity index (χ3n) is 5.49. The lowest BCUT2D eigenvalue weighted by Gasteiger charge is -2.22. The summed E-state index contributed by atoms with van der Waals surface area (Å²) in [6.07, 6.45) is 0.953. The van der Waals surface area contributed by atoms with Crippen molar-refractivity contribution in [3.63, 3.8) is 0 Å². The number of hydrogen-bond acceptors (Lipinski definition) is 3. The Bertz CT molecular complexity index is 1280. The monoisotopic (exact) mass is 407 g/mol.